The number of fused-ring (bicyclic) bond motifs is 2. The van der Waals surface area contributed by atoms with E-state index in [1.807, 2.05) is 32.3 Å². The first-order chi connectivity index (χ1) is 30.2. The number of anilines is 1. The Kier molecular flexibility index (Phi) is 19.1. The van der Waals surface area contributed by atoms with Crippen molar-refractivity contribution in [2.75, 3.05) is 54.2 Å². The van der Waals surface area contributed by atoms with Crippen LogP contribution in [0, 0.1) is 0 Å². The van der Waals surface area contributed by atoms with Crippen LogP contribution in [0.15, 0.2) is 66.4 Å². The molecule has 24 heteroatoms. The molecular formula is C40H50N2O18S4. The van der Waals surface area contributed by atoms with E-state index in [0.29, 0.717) is 46.8 Å². The Labute approximate surface area is 379 Å². The number of nitrogens with zero attached hydrogens (tertiary/aromatic N) is 2. The van der Waals surface area contributed by atoms with Crippen LogP contribution in [0.3, 0.4) is 0 Å². The highest BCUT2D eigenvalue weighted by molar-refractivity contribution is 7.94. The molecule has 0 saturated carbocycles. The highest BCUT2D eigenvalue weighted by Crippen LogP contribution is 2.50. The number of hydrogen-bond donors (Lipinski definition) is 4. The Morgan fingerprint density at radius 3 is 2.05 bits per heavy atom. The number of hydrogen-bond acceptors (Lipinski definition) is 19. The average molecular weight is 975 g/mol. The Balaban J connectivity index is 1.76. The van der Waals surface area contributed by atoms with E-state index in [9.17, 15) is 45.4 Å². The SMILES string of the molecule is CC1(C)C(/C=C/C=C/C=C2/N(CCCS(=O)(=O)[O-])c3cc(C(=O)OCCCSOOO)cc(C(=O)OCCCSOOO)c3C2(C)C)=[N+](CCCS(=O)(=O)O)c2cccc(C(=O)O)c21. The van der Waals surface area contributed by atoms with Gasteiger partial charge in [0.2, 0.25) is 5.69 Å². The van der Waals surface area contributed by atoms with Gasteiger partial charge in [-0.2, -0.15) is 13.0 Å². The van der Waals surface area contributed by atoms with Crippen molar-refractivity contribution in [2.45, 2.75) is 64.2 Å². The molecule has 0 fully saturated rings. The van der Waals surface area contributed by atoms with Crippen LogP contribution >= 0.6 is 24.1 Å². The van der Waals surface area contributed by atoms with Gasteiger partial charge in [-0.3, -0.25) is 4.55 Å². The van der Waals surface area contributed by atoms with Crippen LogP contribution in [0.1, 0.15) is 95.6 Å². The summed E-state index contributed by atoms with van der Waals surface area (Å²) in [5, 5.41) is 33.8. The molecular weight excluding hydrogens is 925 g/mol. The van der Waals surface area contributed by atoms with Crippen LogP contribution in [0.5, 0.6) is 0 Å². The van der Waals surface area contributed by atoms with Gasteiger partial charge in [-0.25, -0.2) is 33.3 Å². The second kappa shape index (κ2) is 23.3. The lowest BCUT2D eigenvalue weighted by Gasteiger charge is -2.27. The normalized spacial score (nSPS) is 16.2. The van der Waals surface area contributed by atoms with Gasteiger partial charge >= 0.3 is 17.9 Å². The molecule has 20 nitrogen and oxygen atoms in total. The maximum Gasteiger partial charge on any atom is 0.338 e. The molecule has 4 rings (SSSR count). The summed E-state index contributed by atoms with van der Waals surface area (Å²) in [7, 11) is -8.89. The highest BCUT2D eigenvalue weighted by Gasteiger charge is 2.47. The number of benzene rings is 2. The minimum atomic E-state index is -4.62. The van der Waals surface area contributed by atoms with E-state index in [1.165, 1.54) is 18.2 Å². The summed E-state index contributed by atoms with van der Waals surface area (Å²) in [5.41, 5.74) is 1.32. The van der Waals surface area contributed by atoms with Gasteiger partial charge in [-0.1, -0.05) is 48.2 Å². The van der Waals surface area contributed by atoms with E-state index < -0.39 is 60.5 Å². The minimum Gasteiger partial charge on any atom is -0.748 e. The summed E-state index contributed by atoms with van der Waals surface area (Å²) in [6.07, 6.45) is 9.08. The Morgan fingerprint density at radius 1 is 0.812 bits per heavy atom. The molecule has 0 spiro atoms. The van der Waals surface area contributed by atoms with Crippen LogP contribution < -0.4 is 4.90 Å². The summed E-state index contributed by atoms with van der Waals surface area (Å²) in [6.45, 7) is 7.30. The van der Waals surface area contributed by atoms with Gasteiger partial charge in [0.25, 0.3) is 10.1 Å². The summed E-state index contributed by atoms with van der Waals surface area (Å²) in [5.74, 6) is -3.35. The smallest absolute Gasteiger partial charge is 0.338 e. The molecule has 0 saturated heterocycles. The van der Waals surface area contributed by atoms with E-state index in [0.717, 1.165) is 24.1 Å². The molecule has 0 aliphatic carbocycles. The molecule has 2 aliphatic rings. The lowest BCUT2D eigenvalue weighted by Crippen LogP contribution is -2.29. The largest absolute Gasteiger partial charge is 0.748 e. The Morgan fingerprint density at radius 2 is 1.45 bits per heavy atom. The molecule has 0 radical (unpaired) electrons. The van der Waals surface area contributed by atoms with Crippen molar-refractivity contribution in [3.05, 3.63) is 94.2 Å². The molecule has 2 heterocycles. The standard InChI is InChI=1S/C40H50N2O18S4/c1-39(2)32(41(17-9-23-63(49,50)51)30-14-8-13-28(34(30)39)36(43)44)15-6-5-7-16-33-40(3,4)35-29(38(46)56-20-12-22-62-60-58-48)25-27(37(45)55-19-11-21-61-59-57-47)26-31(35)42(33)18-10-24-64(52,53)54/h5-8,13-16,25-26H,9-12,17-24H2,1-4H3,(H4-,43,44,47,48,49,50,51,52,53,54). The number of esters is 2. The summed E-state index contributed by atoms with van der Waals surface area (Å²) in [4.78, 5) is 41.3. The van der Waals surface area contributed by atoms with Crippen molar-refractivity contribution in [1.29, 1.82) is 0 Å². The lowest BCUT2D eigenvalue weighted by molar-refractivity contribution is -0.437. The van der Waals surface area contributed by atoms with Crippen molar-refractivity contribution >= 4 is 79.3 Å². The fourth-order valence-corrected chi connectivity index (χ4v) is 9.31. The molecule has 4 N–H and O–H groups in total. The number of allylic oxidation sites excluding steroid dienone is 6. The number of rotatable bonds is 26. The Hall–Kier alpha value is -4.18. The summed E-state index contributed by atoms with van der Waals surface area (Å²) in [6, 6.07) is 7.69. The molecule has 0 bridgehead atoms. The lowest BCUT2D eigenvalue weighted by atomic mass is 9.79. The zero-order valence-electron chi connectivity index (χ0n) is 35.3. The predicted octanol–water partition coefficient (Wildman–Crippen LogP) is 6.00. The van der Waals surface area contributed by atoms with E-state index >= 15 is 0 Å². The predicted molar refractivity (Wildman–Crippen MR) is 234 cm³/mol. The number of carboxylic acid groups (broad SMARTS) is 1. The van der Waals surface area contributed by atoms with E-state index in [4.69, 9.17) is 20.0 Å². The molecule has 64 heavy (non-hydrogen) atoms. The summed E-state index contributed by atoms with van der Waals surface area (Å²) < 4.78 is 89.2. The maximum absolute atomic E-state index is 13.8. The fourth-order valence-electron chi connectivity index (χ4n) is 7.64. The van der Waals surface area contributed by atoms with Gasteiger partial charge in [0, 0.05) is 88.8 Å². The van der Waals surface area contributed by atoms with Gasteiger partial charge in [-0.15, -0.1) is 8.67 Å². The summed E-state index contributed by atoms with van der Waals surface area (Å²) >= 11 is 1.55. The van der Waals surface area contributed by atoms with Crippen molar-refractivity contribution < 1.29 is 88.7 Å². The third kappa shape index (κ3) is 13.9. The van der Waals surface area contributed by atoms with Gasteiger partial charge in [0.15, 0.2) is 5.71 Å². The topological polar surface area (TPSA) is 285 Å². The third-order valence-corrected chi connectivity index (χ3v) is 13.0. The molecule has 0 aromatic heterocycles. The molecule has 2 aromatic rings. The highest BCUT2D eigenvalue weighted by atomic mass is 32.2. The van der Waals surface area contributed by atoms with Crippen molar-refractivity contribution in [3.8, 4) is 0 Å². The van der Waals surface area contributed by atoms with Gasteiger partial charge in [0.05, 0.1) is 56.8 Å². The minimum absolute atomic E-state index is 0.0177. The van der Waals surface area contributed by atoms with Crippen LogP contribution in [0.2, 0.25) is 0 Å². The van der Waals surface area contributed by atoms with Crippen LogP contribution in [0.25, 0.3) is 0 Å². The second-order valence-electron chi connectivity index (χ2n) is 15.3. The third-order valence-electron chi connectivity index (χ3n) is 10.2. The van der Waals surface area contributed by atoms with Crippen molar-refractivity contribution in [1.82, 2.24) is 0 Å². The number of carbonyl (C=O) groups is 3. The molecule has 2 aromatic carbocycles. The van der Waals surface area contributed by atoms with Crippen molar-refractivity contribution in [3.63, 3.8) is 0 Å². The fraction of sp³-hybridized carbons (Fsp3) is 0.450. The van der Waals surface area contributed by atoms with Crippen molar-refractivity contribution in [2.24, 2.45) is 0 Å². The van der Waals surface area contributed by atoms with Gasteiger partial charge in [0.1, 0.15) is 6.54 Å². The Bertz CT molecular complexity index is 2380. The molecule has 352 valence electrons. The monoisotopic (exact) mass is 974 g/mol. The van der Waals surface area contributed by atoms with E-state index in [-0.39, 0.29) is 67.3 Å². The first-order valence-corrected chi connectivity index (χ1v) is 24.6. The zero-order chi connectivity index (χ0) is 47.3. The molecule has 0 atom stereocenters. The quantitative estimate of drug-likeness (QED) is 0.0123. The van der Waals surface area contributed by atoms with Crippen LogP contribution in [-0.4, -0.2) is 119 Å². The molecule has 0 unspecified atom stereocenters. The zero-order valence-corrected chi connectivity index (χ0v) is 38.6. The molecule has 0 amide bonds. The first kappa shape index (κ1) is 52.4. The number of ether oxygens (including phenoxy) is 2. The molecule has 2 aliphatic heterocycles. The first-order valence-electron chi connectivity index (χ1n) is 19.6. The van der Waals surface area contributed by atoms with Gasteiger partial charge < -0.3 is 24.0 Å². The van der Waals surface area contributed by atoms with Crippen LogP contribution in [0.4, 0.5) is 11.4 Å². The second-order valence-corrected chi connectivity index (χ2v) is 20.0. The number of carboxylic acids is 1. The van der Waals surface area contributed by atoms with Crippen LogP contribution in [-0.2, 0) is 59.3 Å². The average Bonchev–Trinajstić information content (AvgIpc) is 3.56. The maximum atomic E-state index is 13.8. The number of aromatic carboxylic acids is 1. The van der Waals surface area contributed by atoms with E-state index in [1.54, 1.807) is 47.4 Å². The number of carbonyl (C=O) groups excluding carboxylic acids is 2. The van der Waals surface area contributed by atoms with E-state index in [2.05, 4.69) is 18.7 Å². The van der Waals surface area contributed by atoms with Gasteiger partial charge in [-0.05, 0) is 57.4 Å².